The van der Waals surface area contributed by atoms with Crippen LogP contribution < -0.4 is 0 Å². The van der Waals surface area contributed by atoms with Crippen molar-refractivity contribution < 1.29 is 0 Å². The zero-order valence-electron chi connectivity index (χ0n) is 11.9. The van der Waals surface area contributed by atoms with E-state index in [0.717, 1.165) is 5.92 Å². The van der Waals surface area contributed by atoms with Gasteiger partial charge in [0.25, 0.3) is 0 Å². The van der Waals surface area contributed by atoms with Crippen molar-refractivity contribution in [2.45, 2.75) is 80.1 Å². The second-order valence-electron chi connectivity index (χ2n) is 4.43. The molecule has 0 saturated heterocycles. The molecule has 0 radical (unpaired) electrons. The van der Waals surface area contributed by atoms with Crippen LogP contribution in [0.4, 0.5) is 0 Å². The first-order valence-electron chi connectivity index (χ1n) is 6.76. The summed E-state index contributed by atoms with van der Waals surface area (Å²) >= 11 is 0. The van der Waals surface area contributed by atoms with Gasteiger partial charge in [0.05, 0.1) is 0 Å². The molecule has 0 heteroatoms. The average Bonchev–Trinajstić information content (AvgIpc) is 2.26. The summed E-state index contributed by atoms with van der Waals surface area (Å²) in [6, 6.07) is 0. The van der Waals surface area contributed by atoms with E-state index in [2.05, 4.69) is 47.6 Å². The third-order valence-corrected chi connectivity index (χ3v) is 2.93. The molecular weight excluding hydrogens is 180 g/mol. The van der Waals surface area contributed by atoms with Gasteiger partial charge in [0.1, 0.15) is 0 Å². The molecule has 1 atom stereocenters. The third-order valence-electron chi connectivity index (χ3n) is 2.93. The predicted molar refractivity (Wildman–Crippen MR) is 73.3 cm³/mol. The first-order chi connectivity index (χ1) is 7.13. The van der Waals surface area contributed by atoms with Crippen LogP contribution in [0.1, 0.15) is 80.1 Å². The van der Waals surface area contributed by atoms with E-state index < -0.39 is 0 Å². The minimum Gasteiger partial charge on any atom is -0.0885 e. The number of allylic oxidation sites excluding steroid dienone is 2. The molecule has 0 aromatic heterocycles. The average molecular weight is 212 g/mol. The summed E-state index contributed by atoms with van der Waals surface area (Å²) < 4.78 is 0. The number of unbranched alkanes of at least 4 members (excludes halogenated alkanes) is 3. The Morgan fingerprint density at radius 2 is 1.47 bits per heavy atom. The molecule has 0 nitrogen and oxygen atoms in total. The van der Waals surface area contributed by atoms with Gasteiger partial charge in [-0.15, -0.1) is 0 Å². The third kappa shape index (κ3) is 13.7. The van der Waals surface area contributed by atoms with E-state index >= 15 is 0 Å². The smallest absolute Gasteiger partial charge is 0.0235 e. The maximum Gasteiger partial charge on any atom is -0.0235 e. The van der Waals surface area contributed by atoms with Crippen molar-refractivity contribution in [3.05, 3.63) is 11.6 Å². The second-order valence-corrected chi connectivity index (χ2v) is 4.43. The summed E-state index contributed by atoms with van der Waals surface area (Å²) in [5.41, 5.74) is 1.54. The number of hydrogen-bond donors (Lipinski definition) is 0. The van der Waals surface area contributed by atoms with E-state index in [1.54, 1.807) is 0 Å². The standard InChI is InChI=1S/C10H20.C5H12/c1-5-7-8-10(4)9(3)6-2;1-3-5-4-2/h6,10H,5,7-8H2,1-4H3;3-5H2,1-2H3/b9-6-;. The first kappa shape index (κ1) is 17.1. The molecular formula is C15H32. The van der Waals surface area contributed by atoms with Gasteiger partial charge in [0.15, 0.2) is 0 Å². The molecule has 1 unspecified atom stereocenters. The van der Waals surface area contributed by atoms with Crippen LogP contribution in [0.5, 0.6) is 0 Å². The van der Waals surface area contributed by atoms with Gasteiger partial charge >= 0.3 is 0 Å². The van der Waals surface area contributed by atoms with Crippen molar-refractivity contribution in [1.82, 2.24) is 0 Å². The van der Waals surface area contributed by atoms with Gasteiger partial charge in [-0.25, -0.2) is 0 Å². The van der Waals surface area contributed by atoms with Crippen LogP contribution in [0.25, 0.3) is 0 Å². The summed E-state index contributed by atoms with van der Waals surface area (Å²) in [7, 11) is 0. The summed E-state index contributed by atoms with van der Waals surface area (Å²) in [4.78, 5) is 0. The van der Waals surface area contributed by atoms with E-state index in [1.165, 1.54) is 44.1 Å². The lowest BCUT2D eigenvalue weighted by Crippen LogP contribution is -1.95. The van der Waals surface area contributed by atoms with Gasteiger partial charge in [-0.05, 0) is 26.2 Å². The van der Waals surface area contributed by atoms with Crippen molar-refractivity contribution in [2.24, 2.45) is 5.92 Å². The Bertz CT molecular complexity index is 131. The zero-order valence-corrected chi connectivity index (χ0v) is 11.9. The Kier molecular flexibility index (Phi) is 15.7. The molecule has 0 N–H and O–H groups in total. The molecule has 0 aliphatic rings. The highest BCUT2D eigenvalue weighted by Gasteiger charge is 2.00. The molecule has 0 aliphatic carbocycles. The van der Waals surface area contributed by atoms with E-state index in [1.807, 2.05) is 0 Å². The fraction of sp³-hybridized carbons (Fsp3) is 0.867. The Hall–Kier alpha value is -0.260. The van der Waals surface area contributed by atoms with Gasteiger partial charge < -0.3 is 0 Å². The van der Waals surface area contributed by atoms with Gasteiger partial charge in [0, 0.05) is 0 Å². The summed E-state index contributed by atoms with van der Waals surface area (Å²) in [5, 5.41) is 0. The quantitative estimate of drug-likeness (QED) is 0.475. The van der Waals surface area contributed by atoms with Crippen LogP contribution in [0, 0.1) is 5.92 Å². The van der Waals surface area contributed by atoms with E-state index in [4.69, 9.17) is 0 Å². The minimum absolute atomic E-state index is 0.796. The van der Waals surface area contributed by atoms with Gasteiger partial charge in [-0.2, -0.15) is 0 Å². The number of hydrogen-bond acceptors (Lipinski definition) is 0. The van der Waals surface area contributed by atoms with Crippen LogP contribution in [-0.2, 0) is 0 Å². The maximum atomic E-state index is 2.31. The van der Waals surface area contributed by atoms with Crippen LogP contribution >= 0.6 is 0 Å². The van der Waals surface area contributed by atoms with Crippen LogP contribution in [-0.4, -0.2) is 0 Å². The summed E-state index contributed by atoms with van der Waals surface area (Å²) in [6.45, 7) is 13.3. The van der Waals surface area contributed by atoms with Gasteiger partial charge in [0.2, 0.25) is 0 Å². The molecule has 0 aliphatic heterocycles. The molecule has 0 spiro atoms. The highest BCUT2D eigenvalue weighted by molar-refractivity contribution is 4.99. The zero-order chi connectivity index (χ0) is 12.1. The topological polar surface area (TPSA) is 0 Å². The van der Waals surface area contributed by atoms with Crippen molar-refractivity contribution in [2.75, 3.05) is 0 Å². The largest absolute Gasteiger partial charge is 0.0885 e. The fourth-order valence-electron chi connectivity index (χ4n) is 1.38. The molecule has 0 rings (SSSR count). The lowest BCUT2D eigenvalue weighted by molar-refractivity contribution is 0.571. The second kappa shape index (κ2) is 13.7. The first-order valence-corrected chi connectivity index (χ1v) is 6.76. The van der Waals surface area contributed by atoms with E-state index in [-0.39, 0.29) is 0 Å². The lowest BCUT2D eigenvalue weighted by Gasteiger charge is -2.09. The van der Waals surface area contributed by atoms with Gasteiger partial charge in [-0.1, -0.05) is 71.4 Å². The molecule has 0 amide bonds. The van der Waals surface area contributed by atoms with Crippen molar-refractivity contribution in [3.63, 3.8) is 0 Å². The monoisotopic (exact) mass is 212 g/mol. The molecule has 0 fully saturated rings. The minimum atomic E-state index is 0.796. The van der Waals surface area contributed by atoms with Crippen molar-refractivity contribution in [1.29, 1.82) is 0 Å². The Morgan fingerprint density at radius 1 is 1.00 bits per heavy atom. The summed E-state index contributed by atoms with van der Waals surface area (Å²) in [5.74, 6) is 0.796. The molecule has 92 valence electrons. The highest BCUT2D eigenvalue weighted by Crippen LogP contribution is 2.16. The lowest BCUT2D eigenvalue weighted by atomic mass is 9.97. The SMILES string of the molecule is C/C=C(/C)C(C)CCCC.CCCCC. The van der Waals surface area contributed by atoms with Crippen LogP contribution in [0.3, 0.4) is 0 Å². The molecule has 0 aromatic carbocycles. The Labute approximate surface area is 98.2 Å². The fourth-order valence-corrected chi connectivity index (χ4v) is 1.38. The number of rotatable bonds is 6. The normalized spacial score (nSPS) is 13.1. The molecule has 15 heavy (non-hydrogen) atoms. The van der Waals surface area contributed by atoms with E-state index in [0.29, 0.717) is 0 Å². The van der Waals surface area contributed by atoms with Crippen LogP contribution in [0.2, 0.25) is 0 Å². The molecule has 0 aromatic rings. The molecule has 0 heterocycles. The predicted octanol–water partition coefficient (Wildman–Crippen LogP) is 5.98. The van der Waals surface area contributed by atoms with Gasteiger partial charge in [-0.3, -0.25) is 0 Å². The Balaban J connectivity index is 0. The van der Waals surface area contributed by atoms with Crippen molar-refractivity contribution in [3.8, 4) is 0 Å². The van der Waals surface area contributed by atoms with Crippen molar-refractivity contribution >= 4 is 0 Å². The van der Waals surface area contributed by atoms with E-state index in [9.17, 15) is 0 Å². The Morgan fingerprint density at radius 3 is 1.73 bits per heavy atom. The van der Waals surface area contributed by atoms with Crippen LogP contribution in [0.15, 0.2) is 11.6 Å². The summed E-state index contributed by atoms with van der Waals surface area (Å²) in [6.07, 6.45) is 10.3. The molecule has 0 saturated carbocycles. The maximum absolute atomic E-state index is 2.31. The highest BCUT2D eigenvalue weighted by atomic mass is 14.1. The molecule has 0 bridgehead atoms.